The number of ether oxygens (including phenoxy) is 1. The number of rotatable bonds is 4. The van der Waals surface area contributed by atoms with Gasteiger partial charge in [0.25, 0.3) is 5.69 Å². The molecule has 2 aromatic rings. The van der Waals surface area contributed by atoms with Gasteiger partial charge in [-0.05, 0) is 12.1 Å². The maximum Gasteiger partial charge on any atom is 0.357 e. The number of carbonyl (C=O) groups excluding carboxylic acids is 1. The van der Waals surface area contributed by atoms with Crippen molar-refractivity contribution in [3.63, 3.8) is 0 Å². The highest BCUT2D eigenvalue weighted by Gasteiger charge is 2.11. The van der Waals surface area contributed by atoms with Gasteiger partial charge in [0.2, 0.25) is 0 Å². The summed E-state index contributed by atoms with van der Waals surface area (Å²) >= 11 is 0. The summed E-state index contributed by atoms with van der Waals surface area (Å²) in [6.45, 7) is 3.55. The van der Waals surface area contributed by atoms with E-state index in [4.69, 9.17) is 4.74 Å². The Kier molecular flexibility index (Phi) is 3.51. The SMILES string of the molecule is C=CCOC(=O)c1ccc2cc([N+](=O)[O-])ccc2n1. The van der Waals surface area contributed by atoms with Gasteiger partial charge in [-0.15, -0.1) is 0 Å². The largest absolute Gasteiger partial charge is 0.457 e. The number of non-ortho nitro benzene ring substituents is 1. The van der Waals surface area contributed by atoms with E-state index in [0.29, 0.717) is 10.9 Å². The van der Waals surface area contributed by atoms with Crippen molar-refractivity contribution in [2.24, 2.45) is 0 Å². The van der Waals surface area contributed by atoms with Crippen molar-refractivity contribution in [3.8, 4) is 0 Å². The van der Waals surface area contributed by atoms with Gasteiger partial charge in [0.05, 0.1) is 10.4 Å². The zero-order valence-corrected chi connectivity index (χ0v) is 9.91. The summed E-state index contributed by atoms with van der Waals surface area (Å²) in [5.41, 5.74) is 0.637. The fourth-order valence-electron chi connectivity index (χ4n) is 1.55. The Morgan fingerprint density at radius 3 is 2.89 bits per heavy atom. The molecule has 0 bridgehead atoms. The van der Waals surface area contributed by atoms with Crippen LogP contribution in [0.5, 0.6) is 0 Å². The molecule has 19 heavy (non-hydrogen) atoms. The molecule has 0 saturated heterocycles. The number of benzene rings is 1. The molecule has 6 heteroatoms. The van der Waals surface area contributed by atoms with Gasteiger partial charge in [-0.3, -0.25) is 10.1 Å². The van der Waals surface area contributed by atoms with Gasteiger partial charge in [-0.1, -0.05) is 18.7 Å². The van der Waals surface area contributed by atoms with E-state index in [1.807, 2.05) is 0 Å². The molecular formula is C13H10N2O4. The molecule has 0 unspecified atom stereocenters. The quantitative estimate of drug-likeness (QED) is 0.364. The van der Waals surface area contributed by atoms with Crippen molar-refractivity contribution in [1.29, 1.82) is 0 Å². The predicted octanol–water partition coefficient (Wildman–Crippen LogP) is 2.49. The van der Waals surface area contributed by atoms with Gasteiger partial charge in [0.1, 0.15) is 12.3 Å². The lowest BCUT2D eigenvalue weighted by Crippen LogP contribution is -2.07. The van der Waals surface area contributed by atoms with Gasteiger partial charge in [-0.2, -0.15) is 0 Å². The average Bonchev–Trinajstić information content (AvgIpc) is 2.43. The molecule has 0 aliphatic carbocycles. The molecule has 0 aliphatic rings. The topological polar surface area (TPSA) is 82.3 Å². The Bertz CT molecular complexity index is 667. The standard InChI is InChI=1S/C13H10N2O4/c1-2-7-19-13(16)12-5-3-9-8-10(15(17)18)4-6-11(9)14-12/h2-6,8H,1,7H2. The Labute approximate surface area is 108 Å². The average molecular weight is 258 g/mol. The minimum atomic E-state index is -0.555. The molecule has 1 aromatic carbocycles. The number of esters is 1. The number of nitro benzene ring substituents is 1. The van der Waals surface area contributed by atoms with Crippen LogP contribution >= 0.6 is 0 Å². The minimum absolute atomic E-state index is 0.0173. The first kappa shape index (κ1) is 12.7. The smallest absolute Gasteiger partial charge is 0.357 e. The van der Waals surface area contributed by atoms with Crippen LogP contribution in [0, 0.1) is 10.1 Å². The van der Waals surface area contributed by atoms with Crippen molar-refractivity contribution in [2.75, 3.05) is 6.61 Å². The molecule has 1 heterocycles. The number of hydrogen-bond donors (Lipinski definition) is 0. The number of pyridine rings is 1. The minimum Gasteiger partial charge on any atom is -0.457 e. The van der Waals surface area contributed by atoms with E-state index in [2.05, 4.69) is 11.6 Å². The van der Waals surface area contributed by atoms with E-state index in [1.54, 1.807) is 6.07 Å². The maximum atomic E-state index is 11.6. The summed E-state index contributed by atoms with van der Waals surface area (Å²) < 4.78 is 4.86. The predicted molar refractivity (Wildman–Crippen MR) is 68.9 cm³/mol. The second-order valence-corrected chi connectivity index (χ2v) is 3.72. The van der Waals surface area contributed by atoms with Gasteiger partial charge >= 0.3 is 5.97 Å². The first-order chi connectivity index (χ1) is 9.11. The van der Waals surface area contributed by atoms with Crippen molar-refractivity contribution >= 4 is 22.6 Å². The Morgan fingerprint density at radius 1 is 1.42 bits per heavy atom. The molecule has 6 nitrogen and oxygen atoms in total. The Morgan fingerprint density at radius 2 is 2.21 bits per heavy atom. The molecule has 0 atom stereocenters. The molecular weight excluding hydrogens is 248 g/mol. The second-order valence-electron chi connectivity index (χ2n) is 3.72. The lowest BCUT2D eigenvalue weighted by Gasteiger charge is -2.03. The molecule has 2 rings (SSSR count). The lowest BCUT2D eigenvalue weighted by atomic mass is 10.2. The van der Waals surface area contributed by atoms with E-state index in [-0.39, 0.29) is 18.0 Å². The molecule has 0 saturated carbocycles. The van der Waals surface area contributed by atoms with Gasteiger partial charge < -0.3 is 4.74 Å². The number of nitro groups is 1. The van der Waals surface area contributed by atoms with Gasteiger partial charge in [-0.25, -0.2) is 9.78 Å². The van der Waals surface area contributed by atoms with Crippen molar-refractivity contribution in [3.05, 3.63) is 58.8 Å². The van der Waals surface area contributed by atoms with Gasteiger partial charge in [0.15, 0.2) is 0 Å². The molecule has 0 radical (unpaired) electrons. The monoisotopic (exact) mass is 258 g/mol. The maximum absolute atomic E-state index is 11.6. The fourth-order valence-corrected chi connectivity index (χ4v) is 1.55. The summed E-state index contributed by atoms with van der Waals surface area (Å²) in [7, 11) is 0. The first-order valence-corrected chi connectivity index (χ1v) is 5.45. The third-order valence-electron chi connectivity index (χ3n) is 2.43. The van der Waals surface area contributed by atoms with Crippen LogP contribution < -0.4 is 0 Å². The zero-order chi connectivity index (χ0) is 13.8. The third-order valence-corrected chi connectivity index (χ3v) is 2.43. The van der Waals surface area contributed by atoms with Crippen LogP contribution in [0.25, 0.3) is 10.9 Å². The first-order valence-electron chi connectivity index (χ1n) is 5.45. The highest BCUT2D eigenvalue weighted by atomic mass is 16.6. The number of carbonyl (C=O) groups is 1. The van der Waals surface area contributed by atoms with E-state index < -0.39 is 10.9 Å². The van der Waals surface area contributed by atoms with Crippen LogP contribution in [0.2, 0.25) is 0 Å². The molecule has 1 aromatic heterocycles. The normalized spacial score (nSPS) is 10.1. The van der Waals surface area contributed by atoms with Crippen LogP contribution in [-0.2, 0) is 4.74 Å². The van der Waals surface area contributed by atoms with E-state index >= 15 is 0 Å². The molecule has 0 amide bonds. The summed E-state index contributed by atoms with van der Waals surface area (Å²) in [6, 6.07) is 7.31. The van der Waals surface area contributed by atoms with E-state index in [0.717, 1.165) is 0 Å². The van der Waals surface area contributed by atoms with Crippen LogP contribution in [-0.4, -0.2) is 22.5 Å². The van der Waals surface area contributed by atoms with Crippen molar-refractivity contribution in [1.82, 2.24) is 4.98 Å². The molecule has 0 N–H and O–H groups in total. The second kappa shape index (κ2) is 5.26. The van der Waals surface area contributed by atoms with Crippen LogP contribution in [0.4, 0.5) is 5.69 Å². The number of hydrogen-bond acceptors (Lipinski definition) is 5. The van der Waals surface area contributed by atoms with Crippen LogP contribution in [0.3, 0.4) is 0 Å². The Hall–Kier alpha value is -2.76. The number of nitrogens with zero attached hydrogens (tertiary/aromatic N) is 2. The molecule has 0 aliphatic heterocycles. The number of aromatic nitrogens is 1. The molecule has 0 spiro atoms. The van der Waals surface area contributed by atoms with Crippen molar-refractivity contribution < 1.29 is 14.5 Å². The van der Waals surface area contributed by atoms with Gasteiger partial charge in [0, 0.05) is 17.5 Å². The summed E-state index contributed by atoms with van der Waals surface area (Å²) in [6.07, 6.45) is 1.46. The highest BCUT2D eigenvalue weighted by Crippen LogP contribution is 2.19. The van der Waals surface area contributed by atoms with Crippen molar-refractivity contribution in [2.45, 2.75) is 0 Å². The summed E-state index contributed by atoms with van der Waals surface area (Å²) in [5, 5.41) is 11.2. The third kappa shape index (κ3) is 2.74. The lowest BCUT2D eigenvalue weighted by molar-refractivity contribution is -0.384. The highest BCUT2D eigenvalue weighted by molar-refractivity contribution is 5.91. The van der Waals surface area contributed by atoms with Crippen LogP contribution in [0.1, 0.15) is 10.5 Å². The fraction of sp³-hybridized carbons (Fsp3) is 0.0769. The number of fused-ring (bicyclic) bond motifs is 1. The molecule has 96 valence electrons. The Balaban J connectivity index is 2.36. The summed E-state index contributed by atoms with van der Waals surface area (Å²) in [4.78, 5) is 25.8. The molecule has 0 fully saturated rings. The van der Waals surface area contributed by atoms with E-state index in [1.165, 1.54) is 30.3 Å². The summed E-state index contributed by atoms with van der Waals surface area (Å²) in [5.74, 6) is -0.555. The zero-order valence-electron chi connectivity index (χ0n) is 9.91. The van der Waals surface area contributed by atoms with E-state index in [9.17, 15) is 14.9 Å². The van der Waals surface area contributed by atoms with Crippen LogP contribution in [0.15, 0.2) is 43.0 Å².